The van der Waals surface area contributed by atoms with Crippen LogP contribution in [-0.4, -0.2) is 45.5 Å². The number of nitrogens with two attached hydrogens (primary N) is 2. The van der Waals surface area contributed by atoms with Gasteiger partial charge in [0.25, 0.3) is 11.8 Å². The number of nitrogen functional groups attached to an aromatic ring is 1. The normalized spacial score (nSPS) is 15.9. The zero-order chi connectivity index (χ0) is 24.7. The summed E-state index contributed by atoms with van der Waals surface area (Å²) in [5.74, 6) is -1.45. The summed E-state index contributed by atoms with van der Waals surface area (Å²) < 4.78 is 16.7. The van der Waals surface area contributed by atoms with E-state index in [4.69, 9.17) is 23.1 Å². The molecule has 0 spiro atoms. The predicted octanol–water partition coefficient (Wildman–Crippen LogP) is 3.33. The lowest BCUT2D eigenvalue weighted by molar-refractivity contribution is 0.0936. The standard InChI is InChI=1S/C23H21ClFN7O2S/c24-19-6-5-18(35-19)23(34)30-13-2-1-7-31(10-13)17-9-16(32-20(17)21(26)28-11-29-32)12-3-4-14(22(27)33)15(25)8-12/h3-6,8-9,11,13H,1-2,7,10H2,(H2,27,33)(H,30,34)(H2,26,28,29)/t13-/m1/s1. The van der Waals surface area contributed by atoms with Crippen LogP contribution in [0.3, 0.4) is 0 Å². The molecule has 5 rings (SSSR count). The minimum Gasteiger partial charge on any atom is -0.382 e. The van der Waals surface area contributed by atoms with E-state index in [1.165, 1.54) is 29.8 Å². The molecular formula is C23H21ClFN7O2S. The molecule has 1 aliphatic rings. The van der Waals surface area contributed by atoms with Crippen LogP contribution < -0.4 is 21.7 Å². The minimum atomic E-state index is -0.840. The van der Waals surface area contributed by atoms with Crippen molar-refractivity contribution in [2.75, 3.05) is 23.7 Å². The molecule has 4 heterocycles. The molecule has 3 aromatic heterocycles. The third-order valence-electron chi connectivity index (χ3n) is 5.99. The van der Waals surface area contributed by atoms with Crippen molar-refractivity contribution in [2.45, 2.75) is 18.9 Å². The van der Waals surface area contributed by atoms with Gasteiger partial charge in [-0.25, -0.2) is 13.9 Å². The first kappa shape index (κ1) is 23.1. The van der Waals surface area contributed by atoms with Crippen molar-refractivity contribution in [3.8, 4) is 11.3 Å². The molecule has 4 aromatic rings. The summed E-state index contributed by atoms with van der Waals surface area (Å²) in [6.07, 6.45) is 3.00. The number of hydrogen-bond acceptors (Lipinski definition) is 7. The number of thiophene rings is 1. The fourth-order valence-electron chi connectivity index (χ4n) is 4.38. The van der Waals surface area contributed by atoms with Gasteiger partial charge in [-0.3, -0.25) is 9.59 Å². The summed E-state index contributed by atoms with van der Waals surface area (Å²) in [7, 11) is 0. The Kier molecular flexibility index (Phi) is 6.03. The van der Waals surface area contributed by atoms with Gasteiger partial charge in [-0.2, -0.15) is 5.10 Å². The molecule has 12 heteroatoms. The fourth-order valence-corrected chi connectivity index (χ4v) is 5.32. The fraction of sp³-hybridized carbons (Fsp3) is 0.217. The summed E-state index contributed by atoms with van der Waals surface area (Å²) in [5, 5.41) is 7.42. The topological polar surface area (TPSA) is 132 Å². The van der Waals surface area contributed by atoms with Crippen molar-refractivity contribution in [3.05, 3.63) is 63.3 Å². The highest BCUT2D eigenvalue weighted by Gasteiger charge is 2.27. The Labute approximate surface area is 208 Å². The number of nitrogens with zero attached hydrogens (tertiary/aromatic N) is 4. The third-order valence-corrected chi connectivity index (χ3v) is 7.22. The van der Waals surface area contributed by atoms with Crippen molar-refractivity contribution in [3.63, 3.8) is 0 Å². The number of amides is 2. The molecule has 2 amide bonds. The number of benzene rings is 1. The molecule has 1 saturated heterocycles. The average Bonchev–Trinajstić information content (AvgIpc) is 3.44. The number of anilines is 2. The molecule has 0 bridgehead atoms. The number of nitrogens with one attached hydrogen (secondary N) is 1. The second-order valence-electron chi connectivity index (χ2n) is 8.24. The van der Waals surface area contributed by atoms with Gasteiger partial charge < -0.3 is 21.7 Å². The van der Waals surface area contributed by atoms with E-state index in [1.54, 1.807) is 22.7 Å². The lowest BCUT2D eigenvalue weighted by Gasteiger charge is -2.34. The molecule has 180 valence electrons. The molecule has 0 saturated carbocycles. The molecule has 1 aliphatic heterocycles. The van der Waals surface area contributed by atoms with E-state index in [-0.39, 0.29) is 23.3 Å². The van der Waals surface area contributed by atoms with Gasteiger partial charge in [-0.15, -0.1) is 11.3 Å². The number of aromatic nitrogens is 3. The first-order valence-electron chi connectivity index (χ1n) is 10.8. The maximum atomic E-state index is 14.5. The molecule has 0 aliphatic carbocycles. The van der Waals surface area contributed by atoms with Crippen molar-refractivity contribution in [1.82, 2.24) is 19.9 Å². The van der Waals surface area contributed by atoms with Gasteiger partial charge in [0.2, 0.25) is 0 Å². The van der Waals surface area contributed by atoms with Gasteiger partial charge >= 0.3 is 0 Å². The van der Waals surface area contributed by atoms with Crippen molar-refractivity contribution in [2.24, 2.45) is 5.73 Å². The van der Waals surface area contributed by atoms with Crippen LogP contribution in [0.5, 0.6) is 0 Å². The summed E-state index contributed by atoms with van der Waals surface area (Å²) in [4.78, 5) is 30.9. The van der Waals surface area contributed by atoms with Crippen LogP contribution in [0, 0.1) is 5.82 Å². The highest BCUT2D eigenvalue weighted by Crippen LogP contribution is 2.35. The highest BCUT2D eigenvalue weighted by molar-refractivity contribution is 7.18. The molecule has 0 radical (unpaired) electrons. The number of fused-ring (bicyclic) bond motifs is 1. The van der Waals surface area contributed by atoms with E-state index in [0.717, 1.165) is 25.1 Å². The van der Waals surface area contributed by atoms with Crippen LogP contribution in [0.15, 0.2) is 42.7 Å². The number of hydrogen-bond donors (Lipinski definition) is 3. The Morgan fingerprint density at radius 3 is 2.77 bits per heavy atom. The number of carbonyl (C=O) groups excluding carboxylic acids is 2. The Hall–Kier alpha value is -3.70. The van der Waals surface area contributed by atoms with Crippen LogP contribution in [0.25, 0.3) is 16.8 Å². The number of piperidine rings is 1. The van der Waals surface area contributed by atoms with E-state index >= 15 is 0 Å². The van der Waals surface area contributed by atoms with Crippen LogP contribution >= 0.6 is 22.9 Å². The number of primary amides is 1. The second-order valence-corrected chi connectivity index (χ2v) is 9.96. The predicted molar refractivity (Wildman–Crippen MR) is 133 cm³/mol. The van der Waals surface area contributed by atoms with Gasteiger partial charge in [0, 0.05) is 24.7 Å². The monoisotopic (exact) mass is 513 g/mol. The Morgan fingerprint density at radius 1 is 1.23 bits per heavy atom. The molecule has 35 heavy (non-hydrogen) atoms. The minimum absolute atomic E-state index is 0.0892. The van der Waals surface area contributed by atoms with Gasteiger partial charge in [-0.05, 0) is 43.2 Å². The highest BCUT2D eigenvalue weighted by atomic mass is 35.5. The maximum absolute atomic E-state index is 14.5. The zero-order valence-corrected chi connectivity index (χ0v) is 19.9. The summed E-state index contributed by atoms with van der Waals surface area (Å²) in [6, 6.07) is 9.38. The molecule has 1 fully saturated rings. The summed E-state index contributed by atoms with van der Waals surface area (Å²) >= 11 is 7.20. The molecule has 9 nitrogen and oxygen atoms in total. The lowest BCUT2D eigenvalue weighted by Crippen LogP contribution is -2.47. The van der Waals surface area contributed by atoms with Gasteiger partial charge in [0.05, 0.1) is 26.2 Å². The summed E-state index contributed by atoms with van der Waals surface area (Å²) in [6.45, 7) is 1.28. The first-order valence-corrected chi connectivity index (χ1v) is 12.0. The summed E-state index contributed by atoms with van der Waals surface area (Å²) in [5.41, 5.74) is 13.7. The number of halogens is 2. The molecule has 1 aromatic carbocycles. The van der Waals surface area contributed by atoms with E-state index in [9.17, 15) is 14.0 Å². The smallest absolute Gasteiger partial charge is 0.261 e. The van der Waals surface area contributed by atoms with Crippen LogP contribution in [0.1, 0.15) is 32.9 Å². The molecular weight excluding hydrogens is 493 g/mol. The lowest BCUT2D eigenvalue weighted by atomic mass is 10.0. The molecule has 1 atom stereocenters. The van der Waals surface area contributed by atoms with E-state index in [1.807, 2.05) is 6.07 Å². The molecule has 0 unspecified atom stereocenters. The largest absolute Gasteiger partial charge is 0.382 e. The Balaban J connectivity index is 1.48. The van der Waals surface area contributed by atoms with Crippen LogP contribution in [-0.2, 0) is 0 Å². The van der Waals surface area contributed by atoms with E-state index < -0.39 is 11.7 Å². The maximum Gasteiger partial charge on any atom is 0.261 e. The van der Waals surface area contributed by atoms with Gasteiger partial charge in [-0.1, -0.05) is 17.7 Å². The van der Waals surface area contributed by atoms with Crippen molar-refractivity contribution in [1.29, 1.82) is 0 Å². The number of carbonyl (C=O) groups is 2. The molecule has 5 N–H and O–H groups in total. The van der Waals surface area contributed by atoms with Gasteiger partial charge in [0.1, 0.15) is 17.7 Å². The third kappa shape index (κ3) is 4.40. The average molecular weight is 514 g/mol. The van der Waals surface area contributed by atoms with E-state index in [2.05, 4.69) is 20.3 Å². The zero-order valence-electron chi connectivity index (χ0n) is 18.4. The van der Waals surface area contributed by atoms with E-state index in [0.29, 0.717) is 32.5 Å². The van der Waals surface area contributed by atoms with Crippen LogP contribution in [0.4, 0.5) is 15.9 Å². The first-order chi connectivity index (χ1) is 16.8. The second kappa shape index (κ2) is 9.16. The van der Waals surface area contributed by atoms with Gasteiger partial charge in [0.15, 0.2) is 5.82 Å². The Bertz CT molecular complexity index is 1450. The Morgan fingerprint density at radius 2 is 2.06 bits per heavy atom. The van der Waals surface area contributed by atoms with Crippen molar-refractivity contribution < 1.29 is 14.0 Å². The van der Waals surface area contributed by atoms with Crippen LogP contribution in [0.2, 0.25) is 4.34 Å². The SMILES string of the molecule is NC(=O)c1ccc(-c2cc(N3CCC[C@@H](NC(=O)c4ccc(Cl)s4)C3)c3c(N)ncnn23)cc1F. The number of rotatable bonds is 5. The van der Waals surface area contributed by atoms with Crippen molar-refractivity contribution >= 4 is 51.8 Å². The quantitative estimate of drug-likeness (QED) is 0.375.